The van der Waals surface area contributed by atoms with Gasteiger partial charge in [0, 0.05) is 24.2 Å². The third-order valence-electron chi connectivity index (χ3n) is 6.58. The summed E-state index contributed by atoms with van der Waals surface area (Å²) in [4.78, 5) is 0. The highest BCUT2D eigenvalue weighted by molar-refractivity contribution is 5.43. The van der Waals surface area contributed by atoms with E-state index in [4.69, 9.17) is 6.42 Å². The molecule has 2 unspecified atom stereocenters. The normalized spacial score (nSPS) is 36.5. The summed E-state index contributed by atoms with van der Waals surface area (Å²) in [5.74, 6) is 3.96. The Balaban J connectivity index is 2.09. The second-order valence-corrected chi connectivity index (χ2v) is 7.60. The summed E-state index contributed by atoms with van der Waals surface area (Å²) in [6, 6.07) is 6.57. The fourth-order valence-electron chi connectivity index (χ4n) is 5.18. The summed E-state index contributed by atoms with van der Waals surface area (Å²) >= 11 is 0. The third kappa shape index (κ3) is 2.07. The quantitative estimate of drug-likeness (QED) is 0.669. The Bertz CT molecular complexity index is 617. The molecule has 1 aliphatic heterocycles. The van der Waals surface area contributed by atoms with E-state index in [2.05, 4.69) is 32.8 Å². The number of phenols is 1. The summed E-state index contributed by atoms with van der Waals surface area (Å²) in [6.45, 7) is 10.3. The van der Waals surface area contributed by atoms with Crippen LogP contribution in [0.4, 0.5) is 0 Å². The molecule has 2 bridgehead atoms. The molecule has 0 spiro atoms. The number of likely N-dealkylation sites (tertiary alicyclic amines) is 1. The van der Waals surface area contributed by atoms with Crippen LogP contribution in [0.2, 0.25) is 0 Å². The van der Waals surface area contributed by atoms with E-state index in [0.717, 1.165) is 23.9 Å². The Labute approximate surface area is 134 Å². The number of terminal acetylenes is 1. The molecule has 1 fully saturated rings. The maximum atomic E-state index is 9.93. The number of phenolic OH excluding ortho intramolecular Hbond substituents is 1. The Morgan fingerprint density at radius 3 is 2.91 bits per heavy atom. The smallest absolute Gasteiger partial charge is 0.140 e. The van der Waals surface area contributed by atoms with Gasteiger partial charge in [-0.3, -0.25) is 0 Å². The fourth-order valence-corrected chi connectivity index (χ4v) is 5.18. The highest BCUT2D eigenvalue weighted by Gasteiger charge is 2.55. The van der Waals surface area contributed by atoms with E-state index in [1.807, 2.05) is 12.1 Å². The van der Waals surface area contributed by atoms with Crippen LogP contribution in [-0.2, 0) is 11.8 Å². The maximum absolute atomic E-state index is 9.93. The van der Waals surface area contributed by atoms with Crippen LogP contribution in [0.25, 0.3) is 0 Å². The summed E-state index contributed by atoms with van der Waals surface area (Å²) < 4.78 is 1.09. The van der Waals surface area contributed by atoms with E-state index in [0.29, 0.717) is 17.7 Å². The molecule has 1 saturated heterocycles. The van der Waals surface area contributed by atoms with E-state index in [1.165, 1.54) is 30.6 Å². The van der Waals surface area contributed by atoms with Crippen molar-refractivity contribution in [2.45, 2.75) is 51.5 Å². The van der Waals surface area contributed by atoms with Crippen LogP contribution < -0.4 is 0 Å². The lowest BCUT2D eigenvalue weighted by molar-refractivity contribution is -0.955. The number of aromatic hydroxyl groups is 1. The molecular formula is C20H28NO+. The number of quaternary nitrogens is 1. The molecule has 118 valence electrons. The molecule has 0 aromatic heterocycles. The number of piperidine rings is 1. The Hall–Kier alpha value is -1.46. The molecule has 2 nitrogen and oxygen atoms in total. The zero-order chi connectivity index (χ0) is 16.0. The molecule has 1 aromatic rings. The van der Waals surface area contributed by atoms with Gasteiger partial charge in [-0.25, -0.2) is 0 Å². The van der Waals surface area contributed by atoms with Crippen molar-refractivity contribution in [3.8, 4) is 18.1 Å². The summed E-state index contributed by atoms with van der Waals surface area (Å²) in [5.41, 5.74) is 2.95. The third-order valence-corrected chi connectivity index (χ3v) is 6.58. The van der Waals surface area contributed by atoms with Gasteiger partial charge in [-0.1, -0.05) is 26.8 Å². The molecular weight excluding hydrogens is 270 g/mol. The minimum Gasteiger partial charge on any atom is -0.508 e. The van der Waals surface area contributed by atoms with Crippen molar-refractivity contribution in [2.24, 2.45) is 5.92 Å². The predicted molar refractivity (Wildman–Crippen MR) is 90.7 cm³/mol. The van der Waals surface area contributed by atoms with Crippen molar-refractivity contribution in [1.82, 2.24) is 0 Å². The first kappa shape index (κ1) is 15.4. The van der Waals surface area contributed by atoms with E-state index in [9.17, 15) is 5.11 Å². The van der Waals surface area contributed by atoms with Crippen LogP contribution in [0.3, 0.4) is 0 Å². The van der Waals surface area contributed by atoms with Gasteiger partial charge in [0.1, 0.15) is 12.3 Å². The van der Waals surface area contributed by atoms with Crippen LogP contribution in [0.15, 0.2) is 18.2 Å². The van der Waals surface area contributed by atoms with Crippen molar-refractivity contribution in [1.29, 1.82) is 0 Å². The molecule has 1 aliphatic carbocycles. The maximum Gasteiger partial charge on any atom is 0.140 e. The second kappa shape index (κ2) is 5.32. The van der Waals surface area contributed by atoms with Gasteiger partial charge in [-0.15, -0.1) is 6.42 Å². The van der Waals surface area contributed by atoms with Gasteiger partial charge in [-0.05, 0) is 35.6 Å². The zero-order valence-electron chi connectivity index (χ0n) is 14.1. The predicted octanol–water partition coefficient (Wildman–Crippen LogP) is 3.47. The second-order valence-electron chi connectivity index (χ2n) is 7.60. The largest absolute Gasteiger partial charge is 0.508 e. The molecule has 3 rings (SSSR count). The lowest BCUT2D eigenvalue weighted by Crippen LogP contribution is -2.68. The molecule has 0 radical (unpaired) electrons. The highest BCUT2D eigenvalue weighted by Crippen LogP contribution is 2.51. The summed E-state index contributed by atoms with van der Waals surface area (Å²) in [7, 11) is 0. The van der Waals surface area contributed by atoms with Crippen LogP contribution in [0.1, 0.15) is 44.7 Å². The SMILES string of the molecule is C#CC[N+]1(CCC)CC[C@]2(C)c3cc(O)ccc3C[C@@H]1C2C. The standard InChI is InChI=1S/C20H27NO/c1-5-10-21(11-6-2)12-9-20(4)15(3)19(21)13-16-7-8-17(22)14-18(16)20/h1,7-8,14-15,19H,6,9-13H2,2-4H3/p+1/t15?,19-,20+,21?/m1/s1. The lowest BCUT2D eigenvalue weighted by atomic mass is 9.58. The van der Waals surface area contributed by atoms with Gasteiger partial charge >= 0.3 is 0 Å². The molecule has 1 aromatic carbocycles. The minimum atomic E-state index is 0.168. The number of hydrogen-bond acceptors (Lipinski definition) is 1. The number of benzene rings is 1. The van der Waals surface area contributed by atoms with Crippen LogP contribution >= 0.6 is 0 Å². The van der Waals surface area contributed by atoms with Crippen LogP contribution in [-0.4, -0.2) is 35.3 Å². The molecule has 0 saturated carbocycles. The number of rotatable bonds is 3. The molecule has 1 N–H and O–H groups in total. The van der Waals surface area contributed by atoms with Crippen molar-refractivity contribution < 1.29 is 9.59 Å². The topological polar surface area (TPSA) is 20.2 Å². The fraction of sp³-hybridized carbons (Fsp3) is 0.600. The molecule has 2 aliphatic rings. The molecule has 4 atom stereocenters. The monoisotopic (exact) mass is 298 g/mol. The first-order chi connectivity index (χ1) is 10.5. The van der Waals surface area contributed by atoms with E-state index in [-0.39, 0.29) is 5.41 Å². The van der Waals surface area contributed by atoms with Crippen molar-refractivity contribution >= 4 is 0 Å². The molecule has 2 heteroatoms. The Morgan fingerprint density at radius 1 is 1.45 bits per heavy atom. The molecule has 0 amide bonds. The highest BCUT2D eigenvalue weighted by atomic mass is 16.3. The van der Waals surface area contributed by atoms with Crippen molar-refractivity contribution in [3.05, 3.63) is 29.3 Å². The van der Waals surface area contributed by atoms with E-state index >= 15 is 0 Å². The van der Waals surface area contributed by atoms with E-state index in [1.54, 1.807) is 0 Å². The first-order valence-corrected chi connectivity index (χ1v) is 8.58. The van der Waals surface area contributed by atoms with Crippen molar-refractivity contribution in [2.75, 3.05) is 19.6 Å². The summed E-state index contributed by atoms with van der Waals surface area (Å²) in [6.07, 6.45) is 9.17. The van der Waals surface area contributed by atoms with Crippen LogP contribution in [0, 0.1) is 18.3 Å². The molecule has 22 heavy (non-hydrogen) atoms. The number of hydrogen-bond donors (Lipinski definition) is 1. The average Bonchev–Trinajstić information content (AvgIpc) is 2.48. The Kier molecular flexibility index (Phi) is 3.73. The van der Waals surface area contributed by atoms with Gasteiger partial charge in [0.25, 0.3) is 0 Å². The van der Waals surface area contributed by atoms with Gasteiger partial charge in [0.2, 0.25) is 0 Å². The summed E-state index contributed by atoms with van der Waals surface area (Å²) in [5, 5.41) is 9.93. The minimum absolute atomic E-state index is 0.168. The van der Waals surface area contributed by atoms with Crippen LogP contribution in [0.5, 0.6) is 5.75 Å². The van der Waals surface area contributed by atoms with E-state index < -0.39 is 0 Å². The number of nitrogens with zero attached hydrogens (tertiary/aromatic N) is 1. The van der Waals surface area contributed by atoms with Gasteiger partial charge in [-0.2, -0.15) is 0 Å². The van der Waals surface area contributed by atoms with Gasteiger partial charge in [0.05, 0.1) is 19.1 Å². The average molecular weight is 298 g/mol. The van der Waals surface area contributed by atoms with Gasteiger partial charge in [0.15, 0.2) is 0 Å². The lowest BCUT2D eigenvalue weighted by Gasteiger charge is -2.59. The number of fused-ring (bicyclic) bond motifs is 4. The van der Waals surface area contributed by atoms with Crippen molar-refractivity contribution in [3.63, 3.8) is 0 Å². The first-order valence-electron chi connectivity index (χ1n) is 8.58. The molecule has 1 heterocycles. The zero-order valence-corrected chi connectivity index (χ0v) is 14.1. The Morgan fingerprint density at radius 2 is 2.23 bits per heavy atom. The van der Waals surface area contributed by atoms with Gasteiger partial charge < -0.3 is 9.59 Å².